The number of carbonyl (C=O) groups is 2. The molecule has 1 aromatic rings. The Morgan fingerprint density at radius 3 is 2.40 bits per heavy atom. The number of ether oxygens (including phenoxy) is 2. The van der Waals surface area contributed by atoms with E-state index in [1.54, 1.807) is 20.3 Å². The fourth-order valence-corrected chi connectivity index (χ4v) is 2.79. The molecule has 0 aliphatic heterocycles. The standard InChI is InChI=1S/C16H14O4/c1-19-10-7-9-3-4-11-12(17)5-6-13(18)16(11)15(9)14(8-10)20-2/h5-8H,3-4H2,1-2H3. The molecule has 2 aliphatic carbocycles. The molecular formula is C16H14O4. The Labute approximate surface area is 116 Å². The minimum Gasteiger partial charge on any atom is -0.497 e. The molecule has 0 bridgehead atoms. The summed E-state index contributed by atoms with van der Waals surface area (Å²) >= 11 is 0. The molecule has 3 rings (SSSR count). The lowest BCUT2D eigenvalue weighted by atomic mass is 9.79. The van der Waals surface area contributed by atoms with Crippen LogP contribution < -0.4 is 9.47 Å². The second-order valence-electron chi connectivity index (χ2n) is 4.78. The number of fused-ring (bicyclic) bond motifs is 2. The van der Waals surface area contributed by atoms with Crippen molar-refractivity contribution in [2.24, 2.45) is 0 Å². The summed E-state index contributed by atoms with van der Waals surface area (Å²) < 4.78 is 10.6. The minimum absolute atomic E-state index is 0.0804. The van der Waals surface area contributed by atoms with Gasteiger partial charge in [-0.2, -0.15) is 0 Å². The maximum absolute atomic E-state index is 12.2. The van der Waals surface area contributed by atoms with Crippen LogP contribution in [0.2, 0.25) is 0 Å². The summed E-state index contributed by atoms with van der Waals surface area (Å²) in [5, 5.41) is 0. The van der Waals surface area contributed by atoms with E-state index in [4.69, 9.17) is 9.47 Å². The predicted octanol–water partition coefficient (Wildman–Crippen LogP) is 2.11. The van der Waals surface area contributed by atoms with Gasteiger partial charge in [0.05, 0.1) is 14.2 Å². The number of hydrogen-bond donors (Lipinski definition) is 0. The van der Waals surface area contributed by atoms with Crippen LogP contribution in [-0.2, 0) is 16.0 Å². The highest BCUT2D eigenvalue weighted by atomic mass is 16.5. The fraction of sp³-hybridized carbons (Fsp3) is 0.250. The van der Waals surface area contributed by atoms with E-state index < -0.39 is 0 Å². The molecule has 0 atom stereocenters. The fourth-order valence-electron chi connectivity index (χ4n) is 2.79. The van der Waals surface area contributed by atoms with Gasteiger partial charge in [0.1, 0.15) is 11.5 Å². The van der Waals surface area contributed by atoms with Crippen molar-refractivity contribution >= 4 is 17.1 Å². The van der Waals surface area contributed by atoms with Gasteiger partial charge < -0.3 is 9.47 Å². The summed E-state index contributed by atoms with van der Waals surface area (Å²) in [6.07, 6.45) is 3.96. The van der Waals surface area contributed by atoms with E-state index in [-0.39, 0.29) is 11.6 Å². The third kappa shape index (κ3) is 1.76. The Morgan fingerprint density at radius 2 is 1.70 bits per heavy atom. The Kier molecular flexibility index (Phi) is 2.93. The van der Waals surface area contributed by atoms with E-state index in [2.05, 4.69) is 0 Å². The van der Waals surface area contributed by atoms with Gasteiger partial charge in [-0.15, -0.1) is 0 Å². The summed E-state index contributed by atoms with van der Waals surface area (Å²) in [6.45, 7) is 0. The molecule has 1 aromatic carbocycles. The lowest BCUT2D eigenvalue weighted by Crippen LogP contribution is -2.19. The molecule has 0 N–H and O–H groups in total. The Morgan fingerprint density at radius 1 is 0.950 bits per heavy atom. The lowest BCUT2D eigenvalue weighted by molar-refractivity contribution is -0.114. The van der Waals surface area contributed by atoms with E-state index in [1.807, 2.05) is 6.07 Å². The van der Waals surface area contributed by atoms with Gasteiger partial charge >= 0.3 is 0 Å². The van der Waals surface area contributed by atoms with Gasteiger partial charge in [-0.3, -0.25) is 9.59 Å². The normalized spacial score (nSPS) is 16.9. The molecule has 0 unspecified atom stereocenters. The molecule has 20 heavy (non-hydrogen) atoms. The number of rotatable bonds is 2. The van der Waals surface area contributed by atoms with Crippen molar-refractivity contribution in [3.05, 3.63) is 41.0 Å². The molecule has 0 spiro atoms. The highest BCUT2D eigenvalue weighted by Gasteiger charge is 2.31. The van der Waals surface area contributed by atoms with Gasteiger partial charge in [-0.05, 0) is 36.6 Å². The van der Waals surface area contributed by atoms with Gasteiger partial charge in [0.25, 0.3) is 0 Å². The maximum Gasteiger partial charge on any atom is 0.187 e. The summed E-state index contributed by atoms with van der Waals surface area (Å²) in [5.74, 6) is 1.05. The topological polar surface area (TPSA) is 52.6 Å². The van der Waals surface area contributed by atoms with Crippen LogP contribution in [0.3, 0.4) is 0 Å². The SMILES string of the molecule is COc1cc2c(c(OC)c1)C1=C(CC2)C(=O)C=CC1=O. The molecular weight excluding hydrogens is 256 g/mol. The molecule has 102 valence electrons. The summed E-state index contributed by atoms with van der Waals surface area (Å²) in [6, 6.07) is 3.64. The van der Waals surface area contributed by atoms with Crippen LogP contribution in [0, 0.1) is 0 Å². The van der Waals surface area contributed by atoms with Crippen LogP contribution in [0.5, 0.6) is 11.5 Å². The van der Waals surface area contributed by atoms with E-state index in [9.17, 15) is 9.59 Å². The third-order valence-electron chi connectivity index (χ3n) is 3.74. The van der Waals surface area contributed by atoms with Crippen LogP contribution in [0.4, 0.5) is 0 Å². The second-order valence-corrected chi connectivity index (χ2v) is 4.78. The van der Waals surface area contributed by atoms with Gasteiger partial charge in [0.15, 0.2) is 11.6 Å². The van der Waals surface area contributed by atoms with Crippen molar-refractivity contribution in [1.29, 1.82) is 0 Å². The summed E-state index contributed by atoms with van der Waals surface area (Å²) in [4.78, 5) is 24.1. The zero-order valence-corrected chi connectivity index (χ0v) is 11.4. The number of carbonyl (C=O) groups excluding carboxylic acids is 2. The van der Waals surface area contributed by atoms with Gasteiger partial charge in [-0.25, -0.2) is 0 Å². The van der Waals surface area contributed by atoms with Gasteiger partial charge in [0.2, 0.25) is 0 Å². The highest BCUT2D eigenvalue weighted by molar-refractivity contribution is 6.37. The van der Waals surface area contributed by atoms with Crippen LogP contribution in [0.25, 0.3) is 5.57 Å². The van der Waals surface area contributed by atoms with Crippen LogP contribution >= 0.6 is 0 Å². The van der Waals surface area contributed by atoms with Crippen LogP contribution in [0.1, 0.15) is 17.5 Å². The number of aryl methyl sites for hydroxylation is 1. The Bertz CT molecular complexity index is 680. The van der Waals surface area contributed by atoms with Crippen LogP contribution in [0.15, 0.2) is 29.9 Å². The first-order chi connectivity index (χ1) is 9.65. The maximum atomic E-state index is 12.2. The summed E-state index contributed by atoms with van der Waals surface area (Å²) in [7, 11) is 3.14. The smallest absolute Gasteiger partial charge is 0.187 e. The highest BCUT2D eigenvalue weighted by Crippen LogP contribution is 2.42. The largest absolute Gasteiger partial charge is 0.497 e. The lowest BCUT2D eigenvalue weighted by Gasteiger charge is -2.25. The summed E-state index contributed by atoms with van der Waals surface area (Å²) in [5.41, 5.74) is 2.79. The second kappa shape index (κ2) is 4.63. The molecule has 0 amide bonds. The van der Waals surface area contributed by atoms with Crippen molar-refractivity contribution < 1.29 is 19.1 Å². The van der Waals surface area contributed by atoms with Crippen molar-refractivity contribution in [2.45, 2.75) is 12.8 Å². The first kappa shape index (κ1) is 12.7. The molecule has 4 heteroatoms. The van der Waals surface area contributed by atoms with E-state index in [1.165, 1.54) is 12.2 Å². The average Bonchev–Trinajstić information content (AvgIpc) is 2.49. The number of benzene rings is 1. The van der Waals surface area contributed by atoms with Crippen molar-refractivity contribution in [1.82, 2.24) is 0 Å². The Balaban J connectivity index is 2.27. The molecule has 0 saturated carbocycles. The molecule has 4 nitrogen and oxygen atoms in total. The average molecular weight is 270 g/mol. The molecule has 0 fully saturated rings. The number of hydrogen-bond acceptors (Lipinski definition) is 4. The Hall–Kier alpha value is -2.36. The van der Waals surface area contributed by atoms with E-state index >= 15 is 0 Å². The van der Waals surface area contributed by atoms with Crippen molar-refractivity contribution in [2.75, 3.05) is 14.2 Å². The number of ketones is 2. The van der Waals surface area contributed by atoms with Crippen molar-refractivity contribution in [3.63, 3.8) is 0 Å². The quantitative estimate of drug-likeness (QED) is 0.772. The van der Waals surface area contributed by atoms with Gasteiger partial charge in [-0.1, -0.05) is 0 Å². The van der Waals surface area contributed by atoms with Gasteiger partial charge in [0, 0.05) is 22.8 Å². The van der Waals surface area contributed by atoms with E-state index in [0.29, 0.717) is 35.5 Å². The number of methoxy groups -OCH3 is 2. The monoisotopic (exact) mass is 270 g/mol. The first-order valence-electron chi connectivity index (χ1n) is 6.41. The first-order valence-corrected chi connectivity index (χ1v) is 6.41. The van der Waals surface area contributed by atoms with Crippen LogP contribution in [-0.4, -0.2) is 25.8 Å². The minimum atomic E-state index is -0.135. The predicted molar refractivity (Wildman–Crippen MR) is 73.9 cm³/mol. The zero-order chi connectivity index (χ0) is 14.3. The third-order valence-corrected chi connectivity index (χ3v) is 3.74. The molecule has 2 aliphatic rings. The van der Waals surface area contributed by atoms with E-state index in [0.717, 1.165) is 11.1 Å². The van der Waals surface area contributed by atoms with Crippen molar-refractivity contribution in [3.8, 4) is 11.5 Å². The zero-order valence-electron chi connectivity index (χ0n) is 11.4. The molecule has 0 heterocycles. The molecule has 0 saturated heterocycles. The molecule has 0 aromatic heterocycles. The number of allylic oxidation sites excluding steroid dienone is 4. The molecule has 0 radical (unpaired) electrons.